The highest BCUT2D eigenvalue weighted by molar-refractivity contribution is 5.91. The Bertz CT molecular complexity index is 977. The fourth-order valence-corrected chi connectivity index (χ4v) is 4.36. The first-order valence-electron chi connectivity index (χ1n) is 9.51. The van der Waals surface area contributed by atoms with Crippen molar-refractivity contribution in [2.24, 2.45) is 0 Å². The Morgan fingerprint density at radius 3 is 2.63 bits per heavy atom. The molecule has 138 valence electrons. The van der Waals surface area contributed by atoms with Gasteiger partial charge in [0.2, 0.25) is 5.88 Å². The molecule has 0 aliphatic carbocycles. The van der Waals surface area contributed by atoms with Gasteiger partial charge in [0.1, 0.15) is 11.9 Å². The van der Waals surface area contributed by atoms with Crippen LogP contribution in [-0.2, 0) is 0 Å². The SMILES string of the molecule is Cc1nccc2cc(-c3ccc(O[C@H]4C[C@H]5CC[C@@H](C4)N5)nn3)c(O)cc12. The van der Waals surface area contributed by atoms with Crippen LogP contribution < -0.4 is 10.1 Å². The van der Waals surface area contributed by atoms with E-state index in [0.29, 0.717) is 29.2 Å². The molecule has 3 aromatic rings. The van der Waals surface area contributed by atoms with E-state index >= 15 is 0 Å². The van der Waals surface area contributed by atoms with E-state index in [0.717, 1.165) is 29.3 Å². The van der Waals surface area contributed by atoms with Gasteiger partial charge in [-0.1, -0.05) is 0 Å². The maximum atomic E-state index is 10.4. The van der Waals surface area contributed by atoms with Gasteiger partial charge in [-0.2, -0.15) is 0 Å². The molecule has 0 spiro atoms. The molecule has 4 heterocycles. The Balaban J connectivity index is 1.38. The summed E-state index contributed by atoms with van der Waals surface area (Å²) >= 11 is 0. The third-order valence-corrected chi connectivity index (χ3v) is 5.71. The topological polar surface area (TPSA) is 80.2 Å². The first-order chi connectivity index (χ1) is 13.2. The first-order valence-corrected chi connectivity index (χ1v) is 9.51. The molecule has 0 amide bonds. The Morgan fingerprint density at radius 2 is 1.89 bits per heavy atom. The van der Waals surface area contributed by atoms with Crippen molar-refractivity contribution >= 4 is 10.8 Å². The summed E-state index contributed by atoms with van der Waals surface area (Å²) in [6.45, 7) is 1.93. The standard InChI is InChI=1S/C21H22N4O2/c1-12-17-11-20(26)18(8-13(17)6-7-22-12)19-4-5-21(25-24-19)27-16-9-14-2-3-15(10-16)23-14/h4-8,11,14-16,23,26H,2-3,9-10H2,1H3/t14-,15+,16+. The number of benzene rings is 1. The number of piperidine rings is 1. The average Bonchev–Trinajstić information content (AvgIpc) is 3.01. The lowest BCUT2D eigenvalue weighted by atomic mass is 10.0. The van der Waals surface area contributed by atoms with Gasteiger partial charge in [-0.15, -0.1) is 10.2 Å². The molecule has 2 bridgehead atoms. The molecule has 3 atom stereocenters. The molecule has 0 saturated carbocycles. The smallest absolute Gasteiger partial charge is 0.233 e. The summed E-state index contributed by atoms with van der Waals surface area (Å²) < 4.78 is 6.06. The van der Waals surface area contributed by atoms with Crippen molar-refractivity contribution < 1.29 is 9.84 Å². The van der Waals surface area contributed by atoms with Gasteiger partial charge in [-0.3, -0.25) is 4.98 Å². The van der Waals surface area contributed by atoms with Crippen molar-refractivity contribution in [1.29, 1.82) is 0 Å². The summed E-state index contributed by atoms with van der Waals surface area (Å²) in [7, 11) is 0. The van der Waals surface area contributed by atoms with Crippen molar-refractivity contribution in [3.63, 3.8) is 0 Å². The Hall–Kier alpha value is -2.73. The van der Waals surface area contributed by atoms with E-state index < -0.39 is 0 Å². The number of ether oxygens (including phenoxy) is 1. The number of hydrogen-bond donors (Lipinski definition) is 2. The van der Waals surface area contributed by atoms with Crippen molar-refractivity contribution in [2.75, 3.05) is 0 Å². The van der Waals surface area contributed by atoms with Crippen LogP contribution in [0.5, 0.6) is 11.6 Å². The molecule has 2 aromatic heterocycles. The monoisotopic (exact) mass is 362 g/mol. The molecule has 0 unspecified atom stereocenters. The highest BCUT2D eigenvalue weighted by Gasteiger charge is 2.34. The number of nitrogens with zero attached hydrogens (tertiary/aromatic N) is 3. The summed E-state index contributed by atoms with van der Waals surface area (Å²) in [4.78, 5) is 4.27. The highest BCUT2D eigenvalue weighted by Crippen LogP contribution is 2.34. The van der Waals surface area contributed by atoms with Gasteiger partial charge in [0.05, 0.1) is 5.69 Å². The molecule has 2 N–H and O–H groups in total. The molecule has 2 aliphatic rings. The number of pyridine rings is 1. The Morgan fingerprint density at radius 1 is 1.07 bits per heavy atom. The second-order valence-corrected chi connectivity index (χ2v) is 7.59. The van der Waals surface area contributed by atoms with Gasteiger partial charge < -0.3 is 15.2 Å². The Kier molecular flexibility index (Phi) is 3.93. The third kappa shape index (κ3) is 3.10. The molecule has 0 radical (unpaired) electrons. The number of hydrogen-bond acceptors (Lipinski definition) is 6. The minimum absolute atomic E-state index is 0.177. The molecule has 6 heteroatoms. The van der Waals surface area contributed by atoms with Gasteiger partial charge in [0.25, 0.3) is 0 Å². The normalized spacial score (nSPS) is 24.3. The summed E-state index contributed by atoms with van der Waals surface area (Å²) in [6.07, 6.45) is 6.51. The third-order valence-electron chi connectivity index (χ3n) is 5.71. The first kappa shape index (κ1) is 16.4. The molecule has 27 heavy (non-hydrogen) atoms. The zero-order valence-corrected chi connectivity index (χ0v) is 15.2. The van der Waals surface area contributed by atoms with E-state index in [2.05, 4.69) is 20.5 Å². The fourth-order valence-electron chi connectivity index (χ4n) is 4.36. The van der Waals surface area contributed by atoms with Gasteiger partial charge in [0.15, 0.2) is 0 Å². The van der Waals surface area contributed by atoms with Crippen LogP contribution in [0.25, 0.3) is 22.0 Å². The number of aromatic hydroxyl groups is 1. The molecule has 2 fully saturated rings. The Labute approximate surface area is 157 Å². The fraction of sp³-hybridized carbons (Fsp3) is 0.381. The lowest BCUT2D eigenvalue weighted by Crippen LogP contribution is -2.42. The van der Waals surface area contributed by atoms with Crippen LogP contribution in [0.4, 0.5) is 0 Å². The molecule has 2 aliphatic heterocycles. The van der Waals surface area contributed by atoms with Crippen molar-refractivity contribution in [2.45, 2.75) is 50.8 Å². The molecular weight excluding hydrogens is 340 g/mol. The van der Waals surface area contributed by atoms with Crippen LogP contribution in [0.3, 0.4) is 0 Å². The number of phenols is 1. The van der Waals surface area contributed by atoms with E-state index in [1.165, 1.54) is 12.8 Å². The summed E-state index contributed by atoms with van der Waals surface area (Å²) in [5.74, 6) is 0.724. The van der Waals surface area contributed by atoms with Gasteiger partial charge in [-0.05, 0) is 62.3 Å². The quantitative estimate of drug-likeness (QED) is 0.744. The maximum Gasteiger partial charge on any atom is 0.233 e. The van der Waals surface area contributed by atoms with Gasteiger partial charge >= 0.3 is 0 Å². The van der Waals surface area contributed by atoms with E-state index in [4.69, 9.17) is 4.74 Å². The summed E-state index contributed by atoms with van der Waals surface area (Å²) in [5.41, 5.74) is 2.17. The number of aryl methyl sites for hydroxylation is 1. The van der Waals surface area contributed by atoms with Crippen molar-refractivity contribution in [1.82, 2.24) is 20.5 Å². The minimum atomic E-state index is 0.177. The zero-order valence-electron chi connectivity index (χ0n) is 15.2. The van der Waals surface area contributed by atoms with E-state index in [1.54, 1.807) is 12.3 Å². The number of fused-ring (bicyclic) bond motifs is 3. The minimum Gasteiger partial charge on any atom is -0.507 e. The van der Waals surface area contributed by atoms with E-state index in [1.807, 2.05) is 31.2 Å². The number of phenolic OH excluding ortho intramolecular Hbond substituents is 1. The molecular formula is C21H22N4O2. The lowest BCUT2D eigenvalue weighted by molar-refractivity contribution is 0.130. The zero-order chi connectivity index (χ0) is 18.4. The second-order valence-electron chi connectivity index (χ2n) is 7.59. The predicted molar refractivity (Wildman–Crippen MR) is 103 cm³/mol. The van der Waals surface area contributed by atoms with Crippen molar-refractivity contribution in [3.05, 3.63) is 42.2 Å². The van der Waals surface area contributed by atoms with E-state index in [9.17, 15) is 5.11 Å². The maximum absolute atomic E-state index is 10.4. The highest BCUT2D eigenvalue weighted by atomic mass is 16.5. The number of nitrogens with one attached hydrogen (secondary N) is 1. The van der Waals surface area contributed by atoms with E-state index in [-0.39, 0.29) is 11.9 Å². The lowest BCUT2D eigenvalue weighted by Gasteiger charge is -2.28. The molecule has 1 aromatic carbocycles. The number of aromatic nitrogens is 3. The number of rotatable bonds is 3. The van der Waals surface area contributed by atoms with Crippen LogP contribution in [0.2, 0.25) is 0 Å². The van der Waals surface area contributed by atoms with Crippen LogP contribution >= 0.6 is 0 Å². The second kappa shape index (κ2) is 6.46. The molecule has 6 nitrogen and oxygen atoms in total. The largest absolute Gasteiger partial charge is 0.507 e. The summed E-state index contributed by atoms with van der Waals surface area (Å²) in [5, 5.41) is 24.5. The molecule has 2 saturated heterocycles. The van der Waals surface area contributed by atoms with Crippen LogP contribution in [0.1, 0.15) is 31.4 Å². The average molecular weight is 362 g/mol. The predicted octanol–water partition coefficient (Wildman–Crippen LogP) is 3.37. The van der Waals surface area contributed by atoms with Crippen LogP contribution in [0.15, 0.2) is 36.5 Å². The molecule has 5 rings (SSSR count). The summed E-state index contributed by atoms with van der Waals surface area (Å²) in [6, 6.07) is 10.4. The van der Waals surface area contributed by atoms with Crippen molar-refractivity contribution in [3.8, 4) is 22.9 Å². The van der Waals surface area contributed by atoms with Crippen LogP contribution in [0, 0.1) is 6.92 Å². The van der Waals surface area contributed by atoms with Gasteiger partial charge in [0, 0.05) is 41.0 Å². The van der Waals surface area contributed by atoms with Crippen LogP contribution in [-0.4, -0.2) is 38.5 Å². The van der Waals surface area contributed by atoms with Gasteiger partial charge in [-0.25, -0.2) is 0 Å².